The molecule has 0 radical (unpaired) electrons. The molecular formula is C20H26ClN9O4. The third-order valence-electron chi connectivity index (χ3n) is 5.02. The lowest BCUT2D eigenvalue weighted by Gasteiger charge is -2.07. The van der Waals surface area contributed by atoms with Crippen molar-refractivity contribution in [2.75, 3.05) is 22.9 Å². The highest BCUT2D eigenvalue weighted by Crippen LogP contribution is 2.23. The first kappa shape index (κ1) is 26.0. The predicted octanol–water partition coefficient (Wildman–Crippen LogP) is 0.807. The second-order valence-electron chi connectivity index (χ2n) is 7.36. The number of aromatic amines is 2. The average molecular weight is 492 g/mol. The summed E-state index contributed by atoms with van der Waals surface area (Å²) >= 11 is 0. The van der Waals surface area contributed by atoms with Crippen LogP contribution in [0.4, 0.5) is 17.2 Å². The van der Waals surface area contributed by atoms with Gasteiger partial charge in [-0.05, 0) is 13.8 Å². The molecule has 0 aliphatic heterocycles. The molecule has 0 unspecified atom stereocenters. The highest BCUT2D eigenvalue weighted by atomic mass is 35.5. The Labute approximate surface area is 200 Å². The minimum absolute atomic E-state index is 0. The fraction of sp³-hybridized carbons (Fsp3) is 0.250. The Hall–Kier alpha value is -4.26. The number of hydrogen-bond acceptors (Lipinski definition) is 6. The number of nitrogen functional groups attached to an aromatic ring is 1. The van der Waals surface area contributed by atoms with Crippen LogP contribution in [0.5, 0.6) is 0 Å². The molecule has 0 aliphatic carbocycles. The number of rotatable bonds is 8. The van der Waals surface area contributed by atoms with Crippen molar-refractivity contribution in [3.63, 3.8) is 0 Å². The second-order valence-corrected chi connectivity index (χ2v) is 7.36. The van der Waals surface area contributed by atoms with Crippen LogP contribution < -0.4 is 27.4 Å². The van der Waals surface area contributed by atoms with Gasteiger partial charge in [-0.15, -0.1) is 12.4 Å². The first-order valence-corrected chi connectivity index (χ1v) is 9.93. The van der Waals surface area contributed by atoms with Crippen molar-refractivity contribution in [3.8, 4) is 0 Å². The Balaban J connectivity index is 0.00000408. The minimum Gasteiger partial charge on any atom is -0.382 e. The first-order valence-electron chi connectivity index (χ1n) is 9.93. The summed E-state index contributed by atoms with van der Waals surface area (Å²) in [6, 6.07) is 1.45. The van der Waals surface area contributed by atoms with Gasteiger partial charge in [0, 0.05) is 49.6 Å². The molecule has 0 bridgehead atoms. The van der Waals surface area contributed by atoms with Crippen LogP contribution in [0.15, 0.2) is 18.5 Å². The van der Waals surface area contributed by atoms with Gasteiger partial charge in [0.1, 0.15) is 22.9 Å². The zero-order valence-corrected chi connectivity index (χ0v) is 19.6. The lowest BCUT2D eigenvalue weighted by molar-refractivity contribution is -0.117. The van der Waals surface area contributed by atoms with Gasteiger partial charge in [-0.1, -0.05) is 0 Å². The number of primary amides is 1. The van der Waals surface area contributed by atoms with Gasteiger partial charge in [0.15, 0.2) is 0 Å². The van der Waals surface area contributed by atoms with Crippen LogP contribution >= 0.6 is 12.4 Å². The molecule has 0 saturated carbocycles. The van der Waals surface area contributed by atoms with Crippen LogP contribution in [-0.2, 0) is 11.8 Å². The summed E-state index contributed by atoms with van der Waals surface area (Å²) in [4.78, 5) is 54.0. The number of hydrogen-bond donors (Lipinski definition) is 7. The van der Waals surface area contributed by atoms with Crippen LogP contribution in [-0.4, -0.2) is 49.9 Å². The number of amides is 4. The quantitative estimate of drug-likeness (QED) is 0.242. The van der Waals surface area contributed by atoms with Gasteiger partial charge >= 0.3 is 0 Å². The van der Waals surface area contributed by atoms with Gasteiger partial charge in [0.2, 0.25) is 5.91 Å². The van der Waals surface area contributed by atoms with Crippen molar-refractivity contribution in [3.05, 3.63) is 46.7 Å². The SMILES string of the molecule is Cc1c(NC(=O)c2[nH]cc(NC(=O)c3cc(N)nn3C)c2C)c[nH]c1C(=O)NCCC(N)=O.Cl. The third kappa shape index (κ3) is 5.56. The Bertz CT molecular complexity index is 1240. The van der Waals surface area contributed by atoms with Crippen molar-refractivity contribution in [1.82, 2.24) is 25.1 Å². The van der Waals surface area contributed by atoms with E-state index in [2.05, 4.69) is 31.0 Å². The molecule has 14 heteroatoms. The number of nitrogens with zero attached hydrogens (tertiary/aromatic N) is 2. The van der Waals surface area contributed by atoms with E-state index in [1.165, 1.54) is 23.1 Å². The topological polar surface area (TPSA) is 206 Å². The lowest BCUT2D eigenvalue weighted by atomic mass is 10.2. The zero-order chi connectivity index (χ0) is 24.3. The second kappa shape index (κ2) is 10.6. The normalized spacial score (nSPS) is 10.3. The van der Waals surface area contributed by atoms with Crippen LogP contribution in [0, 0.1) is 13.8 Å². The number of halogens is 1. The van der Waals surface area contributed by atoms with Crippen molar-refractivity contribution in [2.24, 2.45) is 12.8 Å². The Morgan fingerprint density at radius 3 is 2.00 bits per heavy atom. The van der Waals surface area contributed by atoms with E-state index in [1.807, 2.05) is 0 Å². The summed E-state index contributed by atoms with van der Waals surface area (Å²) in [6.45, 7) is 3.46. The number of nitrogens with two attached hydrogens (primary N) is 2. The van der Waals surface area contributed by atoms with E-state index in [1.54, 1.807) is 20.9 Å². The van der Waals surface area contributed by atoms with E-state index < -0.39 is 23.6 Å². The lowest BCUT2D eigenvalue weighted by Crippen LogP contribution is -2.28. The molecule has 9 N–H and O–H groups in total. The van der Waals surface area contributed by atoms with E-state index in [9.17, 15) is 19.2 Å². The molecular weight excluding hydrogens is 466 g/mol. The monoisotopic (exact) mass is 491 g/mol. The van der Waals surface area contributed by atoms with Crippen molar-refractivity contribution >= 4 is 53.2 Å². The van der Waals surface area contributed by atoms with E-state index >= 15 is 0 Å². The molecule has 4 amide bonds. The maximum absolute atomic E-state index is 12.8. The zero-order valence-electron chi connectivity index (χ0n) is 18.7. The molecule has 0 aliphatic rings. The number of carbonyl (C=O) groups is 4. The summed E-state index contributed by atoms with van der Waals surface area (Å²) in [5.74, 6) is -1.61. The highest BCUT2D eigenvalue weighted by molar-refractivity contribution is 6.08. The van der Waals surface area contributed by atoms with Crippen LogP contribution in [0.3, 0.4) is 0 Å². The smallest absolute Gasteiger partial charge is 0.274 e. The van der Waals surface area contributed by atoms with E-state index in [-0.39, 0.29) is 48.3 Å². The van der Waals surface area contributed by atoms with Crippen LogP contribution in [0.25, 0.3) is 0 Å². The molecule has 182 valence electrons. The molecule has 3 rings (SSSR count). The van der Waals surface area contributed by atoms with Gasteiger partial charge in [-0.25, -0.2) is 0 Å². The van der Waals surface area contributed by atoms with Gasteiger partial charge < -0.3 is 37.4 Å². The minimum atomic E-state index is -0.521. The van der Waals surface area contributed by atoms with E-state index in [0.717, 1.165) is 0 Å². The number of anilines is 3. The Morgan fingerprint density at radius 2 is 1.50 bits per heavy atom. The first-order chi connectivity index (χ1) is 15.6. The molecule has 3 aromatic heterocycles. The molecule has 3 heterocycles. The predicted molar refractivity (Wildman–Crippen MR) is 128 cm³/mol. The van der Waals surface area contributed by atoms with Gasteiger partial charge in [-0.2, -0.15) is 5.10 Å². The maximum Gasteiger partial charge on any atom is 0.274 e. The molecule has 0 fully saturated rings. The number of aromatic nitrogens is 4. The standard InChI is InChI=1S/C20H25N9O4.ClH/c1-9-12(8-24-16(9)19(32)23-5-4-15(22)30)27-20(33)17-10(2)11(7-25-17)26-18(31)13-6-14(21)28-29(13)3;/h6-8,24-25H,4-5H2,1-3H3,(H2,21,28)(H2,22,30)(H,23,32)(H,26,31)(H,27,33);1H. The molecule has 34 heavy (non-hydrogen) atoms. The average Bonchev–Trinajstić information content (AvgIpc) is 3.39. The maximum atomic E-state index is 12.8. The van der Waals surface area contributed by atoms with Crippen molar-refractivity contribution in [1.29, 1.82) is 0 Å². The fourth-order valence-corrected chi connectivity index (χ4v) is 3.18. The fourth-order valence-electron chi connectivity index (χ4n) is 3.18. The Kier molecular flexibility index (Phi) is 8.08. The number of aryl methyl sites for hydroxylation is 1. The largest absolute Gasteiger partial charge is 0.382 e. The molecule has 0 aromatic carbocycles. The summed E-state index contributed by atoms with van der Waals surface area (Å²) in [6.07, 6.45) is 3.02. The van der Waals surface area contributed by atoms with Gasteiger partial charge in [0.25, 0.3) is 17.7 Å². The molecule has 3 aromatic rings. The summed E-state index contributed by atoms with van der Waals surface area (Å²) in [7, 11) is 1.60. The molecule has 0 atom stereocenters. The van der Waals surface area contributed by atoms with Crippen LogP contribution in [0.1, 0.15) is 49.0 Å². The van der Waals surface area contributed by atoms with E-state index in [0.29, 0.717) is 22.5 Å². The van der Waals surface area contributed by atoms with Crippen molar-refractivity contribution in [2.45, 2.75) is 20.3 Å². The highest BCUT2D eigenvalue weighted by Gasteiger charge is 2.21. The van der Waals surface area contributed by atoms with E-state index in [4.69, 9.17) is 11.5 Å². The number of carbonyl (C=O) groups excluding carboxylic acids is 4. The third-order valence-corrected chi connectivity index (χ3v) is 5.02. The summed E-state index contributed by atoms with van der Waals surface area (Å²) in [5.41, 5.74) is 13.3. The van der Waals surface area contributed by atoms with Crippen LogP contribution in [0.2, 0.25) is 0 Å². The molecule has 0 saturated heterocycles. The summed E-state index contributed by atoms with van der Waals surface area (Å²) < 4.78 is 1.36. The molecule has 13 nitrogen and oxygen atoms in total. The Morgan fingerprint density at radius 1 is 0.971 bits per heavy atom. The number of H-pyrrole nitrogens is 2. The summed E-state index contributed by atoms with van der Waals surface area (Å²) in [5, 5.41) is 12.0. The number of nitrogens with one attached hydrogen (secondary N) is 5. The van der Waals surface area contributed by atoms with Gasteiger partial charge in [0.05, 0.1) is 11.4 Å². The van der Waals surface area contributed by atoms with Crippen molar-refractivity contribution < 1.29 is 19.2 Å². The molecule has 0 spiro atoms. The van der Waals surface area contributed by atoms with Gasteiger partial charge in [-0.3, -0.25) is 23.9 Å².